The van der Waals surface area contributed by atoms with Crippen LogP contribution in [0.1, 0.15) is 11.1 Å². The van der Waals surface area contributed by atoms with Crippen LogP contribution >= 0.6 is 11.6 Å². The molecule has 0 radical (unpaired) electrons. The molecule has 2 aromatic carbocycles. The minimum absolute atomic E-state index is 0.0611. The summed E-state index contributed by atoms with van der Waals surface area (Å²) in [7, 11) is 0. The second-order valence-electron chi connectivity index (χ2n) is 5.99. The summed E-state index contributed by atoms with van der Waals surface area (Å²) in [6, 6.07) is 11.5. The molecule has 1 aromatic heterocycles. The zero-order valence-electron chi connectivity index (χ0n) is 13.6. The average molecular weight is 369 g/mol. The van der Waals surface area contributed by atoms with E-state index in [4.69, 9.17) is 16.3 Å². The number of anilines is 1. The Bertz CT molecular complexity index is 1010. The molecule has 3 aromatic rings. The number of nitrogens with one attached hydrogen (secondary N) is 1. The lowest BCUT2D eigenvalue weighted by atomic mass is 9.98. The Hall–Kier alpha value is -2.92. The molecule has 0 unspecified atom stereocenters. The Morgan fingerprint density at radius 3 is 2.92 bits per heavy atom. The molecule has 6 heteroatoms. The van der Waals surface area contributed by atoms with Crippen LogP contribution in [-0.4, -0.2) is 10.9 Å². The first-order chi connectivity index (χ1) is 12.6. The fourth-order valence-electron chi connectivity index (χ4n) is 2.95. The molecule has 0 atom stereocenters. The molecular weight excluding hydrogens is 355 g/mol. The van der Waals surface area contributed by atoms with E-state index < -0.39 is 5.82 Å². The summed E-state index contributed by atoms with van der Waals surface area (Å²) < 4.78 is 18.9. The van der Waals surface area contributed by atoms with Gasteiger partial charge in [-0.05, 0) is 41.5 Å². The largest absolute Gasteiger partial charge is 0.488 e. The van der Waals surface area contributed by atoms with E-state index in [1.807, 2.05) is 18.2 Å². The molecule has 0 saturated carbocycles. The van der Waals surface area contributed by atoms with E-state index in [9.17, 15) is 9.18 Å². The number of carbonyl (C=O) groups excluding carboxylic acids is 1. The number of carbonyl (C=O) groups is 1. The van der Waals surface area contributed by atoms with Crippen LogP contribution in [0.15, 0.2) is 54.9 Å². The zero-order chi connectivity index (χ0) is 18.1. The topological polar surface area (TPSA) is 51.2 Å². The van der Waals surface area contributed by atoms with Crippen LogP contribution in [0.3, 0.4) is 0 Å². The van der Waals surface area contributed by atoms with Gasteiger partial charge in [0, 0.05) is 40.3 Å². The van der Waals surface area contributed by atoms with Crippen LogP contribution in [0.5, 0.6) is 5.75 Å². The molecule has 1 aliphatic rings. The predicted octanol–water partition coefficient (Wildman–Crippen LogP) is 4.61. The lowest BCUT2D eigenvalue weighted by Gasteiger charge is -2.21. The van der Waals surface area contributed by atoms with Gasteiger partial charge in [-0.25, -0.2) is 4.39 Å². The number of hydrogen-bond donors (Lipinski definition) is 1. The molecule has 1 amide bonds. The van der Waals surface area contributed by atoms with Gasteiger partial charge in [0.1, 0.15) is 18.2 Å². The van der Waals surface area contributed by atoms with E-state index >= 15 is 0 Å². The number of pyridine rings is 1. The van der Waals surface area contributed by atoms with Crippen molar-refractivity contribution in [1.82, 2.24) is 4.98 Å². The maximum absolute atomic E-state index is 13.1. The second kappa shape index (κ2) is 6.77. The first kappa shape index (κ1) is 16.5. The fraction of sp³-hybridized carbons (Fsp3) is 0.100. The Kier molecular flexibility index (Phi) is 4.31. The van der Waals surface area contributed by atoms with Crippen LogP contribution in [0.4, 0.5) is 10.1 Å². The summed E-state index contributed by atoms with van der Waals surface area (Å²) in [6.45, 7) is 0.443. The average Bonchev–Trinajstić information content (AvgIpc) is 2.64. The van der Waals surface area contributed by atoms with Crippen LogP contribution in [0.25, 0.3) is 11.1 Å². The summed E-state index contributed by atoms with van der Waals surface area (Å²) in [5, 5.41) is 3.06. The van der Waals surface area contributed by atoms with E-state index in [2.05, 4.69) is 10.3 Å². The monoisotopic (exact) mass is 368 g/mol. The summed E-state index contributed by atoms with van der Waals surface area (Å²) in [5.41, 5.74) is 4.28. The highest BCUT2D eigenvalue weighted by Gasteiger charge is 2.18. The Morgan fingerprint density at radius 1 is 1.19 bits per heavy atom. The van der Waals surface area contributed by atoms with E-state index in [1.165, 1.54) is 18.2 Å². The number of ether oxygens (including phenoxy) is 1. The Morgan fingerprint density at radius 2 is 2.08 bits per heavy atom. The lowest BCUT2D eigenvalue weighted by Crippen LogP contribution is -2.15. The third-order valence-corrected chi connectivity index (χ3v) is 4.56. The maximum atomic E-state index is 13.1. The fourth-order valence-corrected chi connectivity index (χ4v) is 3.18. The molecule has 0 spiro atoms. The molecule has 1 aliphatic heterocycles. The van der Waals surface area contributed by atoms with Crippen LogP contribution in [0, 0.1) is 5.82 Å². The van der Waals surface area contributed by atoms with Gasteiger partial charge in [-0.15, -0.1) is 0 Å². The summed E-state index contributed by atoms with van der Waals surface area (Å²) in [5.74, 6) is 0.0432. The van der Waals surface area contributed by atoms with Gasteiger partial charge in [0.15, 0.2) is 0 Å². The van der Waals surface area contributed by atoms with E-state index in [0.29, 0.717) is 23.6 Å². The van der Waals surface area contributed by atoms with Crippen LogP contribution in [-0.2, 0) is 17.8 Å². The van der Waals surface area contributed by atoms with Crippen molar-refractivity contribution >= 4 is 23.2 Å². The van der Waals surface area contributed by atoms with Gasteiger partial charge in [0.05, 0.1) is 6.42 Å². The van der Waals surface area contributed by atoms with Gasteiger partial charge in [0.25, 0.3) is 0 Å². The number of fused-ring (bicyclic) bond motifs is 3. The molecule has 26 heavy (non-hydrogen) atoms. The lowest BCUT2D eigenvalue weighted by molar-refractivity contribution is -0.115. The first-order valence-electron chi connectivity index (χ1n) is 8.04. The summed E-state index contributed by atoms with van der Waals surface area (Å²) in [4.78, 5) is 16.4. The zero-order valence-corrected chi connectivity index (χ0v) is 14.4. The third kappa shape index (κ3) is 3.26. The van der Waals surface area contributed by atoms with Gasteiger partial charge >= 0.3 is 0 Å². The maximum Gasteiger partial charge on any atom is 0.228 e. The van der Waals surface area contributed by atoms with Gasteiger partial charge in [0.2, 0.25) is 5.91 Å². The molecule has 4 rings (SSSR count). The number of benzene rings is 2. The molecule has 0 bridgehead atoms. The van der Waals surface area contributed by atoms with Crippen molar-refractivity contribution in [2.24, 2.45) is 0 Å². The molecule has 130 valence electrons. The van der Waals surface area contributed by atoms with Crippen LogP contribution < -0.4 is 10.1 Å². The molecule has 0 fully saturated rings. The smallest absolute Gasteiger partial charge is 0.228 e. The Balaban J connectivity index is 1.52. The van der Waals surface area contributed by atoms with Gasteiger partial charge in [-0.2, -0.15) is 0 Å². The number of rotatable bonds is 3. The van der Waals surface area contributed by atoms with Crippen molar-refractivity contribution in [3.63, 3.8) is 0 Å². The van der Waals surface area contributed by atoms with Crippen molar-refractivity contribution in [3.05, 3.63) is 76.8 Å². The van der Waals surface area contributed by atoms with Crippen molar-refractivity contribution in [2.75, 3.05) is 5.32 Å². The van der Waals surface area contributed by atoms with Crippen molar-refractivity contribution < 1.29 is 13.9 Å². The van der Waals surface area contributed by atoms with Crippen LogP contribution in [0.2, 0.25) is 5.02 Å². The van der Waals surface area contributed by atoms with Crippen molar-refractivity contribution in [1.29, 1.82) is 0 Å². The standard InChI is InChI=1S/C20H14ClFN2O2/c21-18-8-14(22)2-1-12(18)7-20(25)24-15-3-4-17-16-5-6-23-10-13(16)11-26-19(17)9-15/h1-6,8-10H,7,11H2,(H,24,25). The number of amides is 1. The van der Waals surface area contributed by atoms with E-state index in [1.54, 1.807) is 18.5 Å². The number of halogens is 2. The molecule has 2 heterocycles. The van der Waals surface area contributed by atoms with Crippen molar-refractivity contribution in [3.8, 4) is 16.9 Å². The molecule has 0 aliphatic carbocycles. The molecule has 0 saturated heterocycles. The quantitative estimate of drug-likeness (QED) is 0.734. The molecule has 4 nitrogen and oxygen atoms in total. The Labute approximate surface area is 154 Å². The minimum atomic E-state index is -0.429. The van der Waals surface area contributed by atoms with E-state index in [0.717, 1.165) is 16.7 Å². The summed E-state index contributed by atoms with van der Waals surface area (Å²) >= 11 is 5.97. The minimum Gasteiger partial charge on any atom is -0.488 e. The number of aromatic nitrogens is 1. The molecular formula is C20H14ClFN2O2. The molecule has 1 N–H and O–H groups in total. The highest BCUT2D eigenvalue weighted by atomic mass is 35.5. The number of hydrogen-bond acceptors (Lipinski definition) is 3. The normalized spacial score (nSPS) is 11.9. The van der Waals surface area contributed by atoms with Gasteiger partial charge in [-0.1, -0.05) is 17.7 Å². The highest BCUT2D eigenvalue weighted by Crippen LogP contribution is 2.38. The predicted molar refractivity (Wildman–Crippen MR) is 97.7 cm³/mol. The van der Waals surface area contributed by atoms with Crippen molar-refractivity contribution in [2.45, 2.75) is 13.0 Å². The van der Waals surface area contributed by atoms with E-state index in [-0.39, 0.29) is 17.4 Å². The first-order valence-corrected chi connectivity index (χ1v) is 8.42. The van der Waals surface area contributed by atoms with Gasteiger partial charge in [-0.3, -0.25) is 9.78 Å². The van der Waals surface area contributed by atoms with Gasteiger partial charge < -0.3 is 10.1 Å². The second-order valence-corrected chi connectivity index (χ2v) is 6.40. The third-order valence-electron chi connectivity index (χ3n) is 4.21. The number of nitrogens with zero attached hydrogens (tertiary/aromatic N) is 1. The SMILES string of the molecule is O=C(Cc1ccc(F)cc1Cl)Nc1ccc2c(c1)OCc1cnccc1-2. The summed E-state index contributed by atoms with van der Waals surface area (Å²) in [6.07, 6.45) is 3.60. The highest BCUT2D eigenvalue weighted by molar-refractivity contribution is 6.31.